The van der Waals surface area contributed by atoms with Gasteiger partial charge in [-0.15, -0.1) is 0 Å². The molecule has 3 rings (SSSR count). The first-order chi connectivity index (χ1) is 12.0. The molecule has 2 aromatic rings. The Kier molecular flexibility index (Phi) is 5.84. The maximum absolute atomic E-state index is 12.3. The van der Waals surface area contributed by atoms with E-state index >= 15 is 0 Å². The fourth-order valence-electron chi connectivity index (χ4n) is 3.10. The van der Waals surface area contributed by atoms with Crippen molar-refractivity contribution in [1.29, 1.82) is 0 Å². The zero-order valence-electron chi connectivity index (χ0n) is 14.2. The molecular formula is C19H22Cl2N3O+. The third-order valence-corrected chi connectivity index (χ3v) is 5.24. The van der Waals surface area contributed by atoms with Crippen LogP contribution in [0.5, 0.6) is 0 Å². The number of nitrogens with zero attached hydrogens (tertiary/aromatic N) is 1. The number of halogens is 2. The Morgan fingerprint density at radius 1 is 1.16 bits per heavy atom. The summed E-state index contributed by atoms with van der Waals surface area (Å²) in [5, 5.41) is 4.39. The van der Waals surface area contributed by atoms with Gasteiger partial charge in [-0.05, 0) is 42.8 Å². The van der Waals surface area contributed by atoms with E-state index < -0.39 is 0 Å². The highest BCUT2D eigenvalue weighted by Crippen LogP contribution is 2.22. The lowest BCUT2D eigenvalue weighted by molar-refractivity contribution is -0.892. The number of hydrogen-bond acceptors (Lipinski definition) is 2. The average molecular weight is 379 g/mol. The molecule has 0 aromatic heterocycles. The second-order valence-electron chi connectivity index (χ2n) is 6.35. The van der Waals surface area contributed by atoms with Gasteiger partial charge in [0.1, 0.15) is 0 Å². The van der Waals surface area contributed by atoms with Crippen LogP contribution < -0.4 is 15.1 Å². The molecule has 132 valence electrons. The summed E-state index contributed by atoms with van der Waals surface area (Å²) < 4.78 is 0. The number of rotatable bonds is 4. The van der Waals surface area contributed by atoms with Gasteiger partial charge in [0.05, 0.1) is 26.2 Å². The standard InChI is InChI=1S/C19H21Cl2N3O/c1-14-17(21)6-3-7-18(14)22-19(25)13-23-8-10-24(11-9-23)16-5-2-4-15(20)12-16/h2-7,12H,8-11,13H2,1H3,(H,22,25)/p+1. The molecule has 2 N–H and O–H groups in total. The van der Waals surface area contributed by atoms with E-state index in [1.54, 1.807) is 0 Å². The van der Waals surface area contributed by atoms with Crippen molar-refractivity contribution in [2.24, 2.45) is 0 Å². The lowest BCUT2D eigenvalue weighted by Crippen LogP contribution is -3.15. The van der Waals surface area contributed by atoms with E-state index in [0.29, 0.717) is 11.6 Å². The Morgan fingerprint density at radius 3 is 2.60 bits per heavy atom. The van der Waals surface area contributed by atoms with Gasteiger partial charge in [0.15, 0.2) is 6.54 Å². The molecule has 1 fully saturated rings. The smallest absolute Gasteiger partial charge is 0.279 e. The monoisotopic (exact) mass is 378 g/mol. The SMILES string of the molecule is Cc1c(Cl)cccc1NC(=O)C[NH+]1CCN(c2cccc(Cl)c2)CC1. The highest BCUT2D eigenvalue weighted by molar-refractivity contribution is 6.31. The van der Waals surface area contributed by atoms with Crippen LogP contribution in [0.25, 0.3) is 0 Å². The van der Waals surface area contributed by atoms with Crippen molar-refractivity contribution in [2.45, 2.75) is 6.92 Å². The van der Waals surface area contributed by atoms with E-state index in [1.807, 2.05) is 43.3 Å². The summed E-state index contributed by atoms with van der Waals surface area (Å²) in [7, 11) is 0. The van der Waals surface area contributed by atoms with Crippen LogP contribution >= 0.6 is 23.2 Å². The van der Waals surface area contributed by atoms with Crippen LogP contribution in [0.1, 0.15) is 5.56 Å². The van der Waals surface area contributed by atoms with Crippen molar-refractivity contribution in [3.63, 3.8) is 0 Å². The molecular weight excluding hydrogens is 357 g/mol. The Morgan fingerprint density at radius 2 is 1.88 bits per heavy atom. The molecule has 0 radical (unpaired) electrons. The summed E-state index contributed by atoms with van der Waals surface area (Å²) in [6, 6.07) is 13.5. The second-order valence-corrected chi connectivity index (χ2v) is 7.20. The third-order valence-electron chi connectivity index (χ3n) is 4.60. The van der Waals surface area contributed by atoms with Crippen LogP contribution in [0.2, 0.25) is 10.0 Å². The molecule has 2 aromatic carbocycles. The van der Waals surface area contributed by atoms with E-state index in [9.17, 15) is 4.79 Å². The zero-order valence-corrected chi connectivity index (χ0v) is 15.7. The van der Waals surface area contributed by atoms with Crippen molar-refractivity contribution in [3.05, 3.63) is 58.1 Å². The zero-order chi connectivity index (χ0) is 17.8. The molecule has 0 saturated carbocycles. The van der Waals surface area contributed by atoms with Gasteiger partial charge in [0, 0.05) is 21.4 Å². The predicted molar refractivity (Wildman–Crippen MR) is 104 cm³/mol. The molecule has 0 spiro atoms. The largest absolute Gasteiger partial charge is 0.360 e. The van der Waals surface area contributed by atoms with Crippen LogP contribution in [-0.4, -0.2) is 38.6 Å². The van der Waals surface area contributed by atoms with Gasteiger partial charge in [-0.25, -0.2) is 0 Å². The first kappa shape index (κ1) is 18.1. The molecule has 4 nitrogen and oxygen atoms in total. The van der Waals surface area contributed by atoms with E-state index in [2.05, 4.69) is 16.3 Å². The number of carbonyl (C=O) groups is 1. The van der Waals surface area contributed by atoms with Crippen LogP contribution in [0, 0.1) is 6.92 Å². The Labute approximate surface area is 158 Å². The van der Waals surface area contributed by atoms with Crippen LogP contribution in [0.3, 0.4) is 0 Å². The van der Waals surface area contributed by atoms with Crippen LogP contribution in [-0.2, 0) is 4.79 Å². The number of hydrogen-bond donors (Lipinski definition) is 2. The van der Waals surface area contributed by atoms with Gasteiger partial charge in [-0.2, -0.15) is 0 Å². The molecule has 1 amide bonds. The van der Waals surface area contributed by atoms with E-state index in [-0.39, 0.29) is 5.91 Å². The van der Waals surface area contributed by atoms with Gasteiger partial charge in [0.2, 0.25) is 0 Å². The molecule has 1 heterocycles. The van der Waals surface area contributed by atoms with E-state index in [0.717, 1.165) is 48.1 Å². The van der Waals surface area contributed by atoms with Gasteiger partial charge < -0.3 is 15.1 Å². The number of benzene rings is 2. The molecule has 25 heavy (non-hydrogen) atoms. The fraction of sp³-hybridized carbons (Fsp3) is 0.316. The van der Waals surface area contributed by atoms with Crippen molar-refractivity contribution in [3.8, 4) is 0 Å². The molecule has 0 aliphatic carbocycles. The topological polar surface area (TPSA) is 36.8 Å². The minimum absolute atomic E-state index is 0.0246. The minimum Gasteiger partial charge on any atom is -0.360 e. The lowest BCUT2D eigenvalue weighted by Gasteiger charge is -2.33. The number of carbonyl (C=O) groups excluding carboxylic acids is 1. The number of nitrogens with one attached hydrogen (secondary N) is 2. The molecule has 1 aliphatic rings. The summed E-state index contributed by atoms with van der Waals surface area (Å²) in [4.78, 5) is 15.9. The van der Waals surface area contributed by atoms with Crippen molar-refractivity contribution >= 4 is 40.5 Å². The summed E-state index contributed by atoms with van der Waals surface area (Å²) in [5.74, 6) is 0.0246. The predicted octanol–water partition coefficient (Wildman–Crippen LogP) is 2.65. The number of anilines is 2. The van der Waals surface area contributed by atoms with Gasteiger partial charge in [-0.1, -0.05) is 35.3 Å². The normalized spacial score (nSPS) is 15.2. The summed E-state index contributed by atoms with van der Waals surface area (Å²) in [5.41, 5.74) is 2.83. The van der Waals surface area contributed by atoms with Crippen molar-refractivity contribution in [2.75, 3.05) is 42.9 Å². The molecule has 1 aliphatic heterocycles. The highest BCUT2D eigenvalue weighted by atomic mass is 35.5. The molecule has 0 bridgehead atoms. The first-order valence-corrected chi connectivity index (χ1v) is 9.17. The van der Waals surface area contributed by atoms with Crippen molar-refractivity contribution in [1.82, 2.24) is 0 Å². The van der Waals surface area contributed by atoms with Crippen molar-refractivity contribution < 1.29 is 9.69 Å². The summed E-state index contributed by atoms with van der Waals surface area (Å²) in [6.45, 7) is 6.06. The van der Waals surface area contributed by atoms with Gasteiger partial charge in [-0.3, -0.25) is 4.79 Å². The summed E-state index contributed by atoms with van der Waals surface area (Å²) >= 11 is 12.2. The maximum Gasteiger partial charge on any atom is 0.279 e. The summed E-state index contributed by atoms with van der Waals surface area (Å²) in [6.07, 6.45) is 0. The average Bonchev–Trinajstić information content (AvgIpc) is 2.60. The lowest BCUT2D eigenvalue weighted by atomic mass is 10.2. The Bertz CT molecular complexity index is 758. The number of amides is 1. The fourth-order valence-corrected chi connectivity index (χ4v) is 3.45. The molecule has 0 unspecified atom stereocenters. The van der Waals surface area contributed by atoms with Crippen LogP contribution in [0.4, 0.5) is 11.4 Å². The van der Waals surface area contributed by atoms with Gasteiger partial charge in [0.25, 0.3) is 5.91 Å². The van der Waals surface area contributed by atoms with E-state index in [1.165, 1.54) is 4.90 Å². The van der Waals surface area contributed by atoms with Gasteiger partial charge >= 0.3 is 0 Å². The molecule has 1 saturated heterocycles. The molecule has 0 atom stereocenters. The molecule has 6 heteroatoms. The second kappa shape index (κ2) is 8.09. The number of piperazine rings is 1. The Balaban J connectivity index is 1.52. The quantitative estimate of drug-likeness (QED) is 0.857. The van der Waals surface area contributed by atoms with E-state index in [4.69, 9.17) is 23.2 Å². The highest BCUT2D eigenvalue weighted by Gasteiger charge is 2.22. The first-order valence-electron chi connectivity index (χ1n) is 8.42. The van der Waals surface area contributed by atoms with Crippen LogP contribution in [0.15, 0.2) is 42.5 Å². The Hall–Kier alpha value is -1.75. The number of quaternary nitrogens is 1. The maximum atomic E-state index is 12.3. The third kappa shape index (κ3) is 4.66. The minimum atomic E-state index is 0.0246.